The summed E-state index contributed by atoms with van der Waals surface area (Å²) in [5.41, 5.74) is 7.21. The van der Waals surface area contributed by atoms with Gasteiger partial charge in [-0.15, -0.1) is 0 Å². The third kappa shape index (κ3) is 2.21. The number of aromatic nitrogens is 2. The molecule has 1 atom stereocenters. The highest BCUT2D eigenvalue weighted by Gasteiger charge is 2.36. The van der Waals surface area contributed by atoms with Gasteiger partial charge in [0, 0.05) is 6.42 Å². The maximum atomic E-state index is 6.45. The summed E-state index contributed by atoms with van der Waals surface area (Å²) in [6.07, 6.45) is 5.95. The van der Waals surface area contributed by atoms with Crippen molar-refractivity contribution in [2.45, 2.75) is 50.2 Å². The van der Waals surface area contributed by atoms with Crippen LogP contribution in [0, 0.1) is 0 Å². The van der Waals surface area contributed by atoms with E-state index in [9.17, 15) is 0 Å². The summed E-state index contributed by atoms with van der Waals surface area (Å²) in [7, 11) is 0. The average Bonchev–Trinajstić information content (AvgIpc) is 3.15. The second-order valence-electron chi connectivity index (χ2n) is 6.09. The highest BCUT2D eigenvalue weighted by molar-refractivity contribution is 5.37. The highest BCUT2D eigenvalue weighted by atomic mass is 16.5. The first-order chi connectivity index (χ1) is 10.2. The summed E-state index contributed by atoms with van der Waals surface area (Å²) >= 11 is 0. The van der Waals surface area contributed by atoms with Gasteiger partial charge < -0.3 is 15.0 Å². The van der Waals surface area contributed by atoms with Crippen LogP contribution in [0.5, 0.6) is 5.75 Å². The van der Waals surface area contributed by atoms with Crippen molar-refractivity contribution in [1.29, 1.82) is 0 Å². The molecule has 1 aromatic heterocycles. The quantitative estimate of drug-likeness (QED) is 0.918. The number of nitrogens with zero attached hydrogens (tertiary/aromatic N) is 2. The number of benzene rings is 1. The molecule has 21 heavy (non-hydrogen) atoms. The molecule has 0 spiro atoms. The van der Waals surface area contributed by atoms with Gasteiger partial charge in [0.1, 0.15) is 5.75 Å². The van der Waals surface area contributed by atoms with E-state index in [0.717, 1.165) is 37.9 Å². The molecule has 1 unspecified atom stereocenters. The number of fused-ring (bicyclic) bond motifs is 1. The fourth-order valence-corrected chi connectivity index (χ4v) is 3.29. The van der Waals surface area contributed by atoms with Crippen LogP contribution in [0.25, 0.3) is 0 Å². The summed E-state index contributed by atoms with van der Waals surface area (Å²) in [5, 5.41) is 4.13. The van der Waals surface area contributed by atoms with Crippen LogP contribution in [0.1, 0.15) is 55.5 Å². The molecule has 1 aromatic carbocycles. The van der Waals surface area contributed by atoms with Crippen LogP contribution in [0.3, 0.4) is 0 Å². The van der Waals surface area contributed by atoms with Gasteiger partial charge in [0.2, 0.25) is 0 Å². The fraction of sp³-hybridized carbons (Fsp3) is 0.500. The maximum absolute atomic E-state index is 6.45. The van der Waals surface area contributed by atoms with Crippen LogP contribution < -0.4 is 10.5 Å². The van der Waals surface area contributed by atoms with E-state index < -0.39 is 5.54 Å². The van der Waals surface area contributed by atoms with E-state index in [0.29, 0.717) is 11.7 Å². The minimum absolute atomic E-state index is 0.184. The first kappa shape index (κ1) is 12.8. The van der Waals surface area contributed by atoms with E-state index in [2.05, 4.69) is 16.2 Å². The van der Waals surface area contributed by atoms with Crippen molar-refractivity contribution < 1.29 is 9.26 Å². The van der Waals surface area contributed by atoms with Crippen molar-refractivity contribution in [3.8, 4) is 5.75 Å². The van der Waals surface area contributed by atoms with Crippen LogP contribution >= 0.6 is 0 Å². The molecule has 1 aliphatic heterocycles. The topological polar surface area (TPSA) is 74.2 Å². The van der Waals surface area contributed by atoms with Crippen molar-refractivity contribution in [2.24, 2.45) is 5.73 Å². The first-order valence-electron chi connectivity index (χ1n) is 7.62. The van der Waals surface area contributed by atoms with Crippen LogP contribution in [0.15, 0.2) is 28.8 Å². The summed E-state index contributed by atoms with van der Waals surface area (Å²) < 4.78 is 11.3. The Morgan fingerprint density at radius 1 is 1.14 bits per heavy atom. The van der Waals surface area contributed by atoms with E-state index in [1.54, 1.807) is 0 Å². The summed E-state index contributed by atoms with van der Waals surface area (Å²) in [5.74, 6) is 2.08. The third-order valence-corrected chi connectivity index (χ3v) is 4.56. The molecule has 1 aliphatic carbocycles. The van der Waals surface area contributed by atoms with E-state index in [1.165, 1.54) is 12.0 Å². The Kier molecular flexibility index (Phi) is 2.96. The Bertz CT molecular complexity index is 621. The van der Waals surface area contributed by atoms with Crippen LogP contribution in [-0.4, -0.2) is 10.1 Å². The molecule has 1 saturated carbocycles. The van der Waals surface area contributed by atoms with Gasteiger partial charge in [0.05, 0.1) is 5.54 Å². The van der Waals surface area contributed by atoms with Crippen molar-refractivity contribution in [2.75, 3.05) is 0 Å². The van der Waals surface area contributed by atoms with Gasteiger partial charge in [-0.1, -0.05) is 42.6 Å². The second-order valence-corrected chi connectivity index (χ2v) is 6.09. The molecule has 0 radical (unpaired) electrons. The molecule has 2 aromatic rings. The fourth-order valence-electron chi connectivity index (χ4n) is 3.29. The second kappa shape index (κ2) is 4.84. The summed E-state index contributed by atoms with van der Waals surface area (Å²) in [4.78, 5) is 4.54. The van der Waals surface area contributed by atoms with Gasteiger partial charge in [-0.25, -0.2) is 0 Å². The highest BCUT2D eigenvalue weighted by Crippen LogP contribution is 2.37. The Labute approximate surface area is 123 Å². The lowest BCUT2D eigenvalue weighted by molar-refractivity contribution is 0.182. The number of hydrogen-bond donors (Lipinski definition) is 1. The molecule has 0 amide bonds. The van der Waals surface area contributed by atoms with Crippen LogP contribution in [0.4, 0.5) is 0 Å². The lowest BCUT2D eigenvalue weighted by Crippen LogP contribution is -2.39. The van der Waals surface area contributed by atoms with E-state index in [4.69, 9.17) is 15.0 Å². The molecule has 1 fully saturated rings. The molecule has 0 bridgehead atoms. The smallest absolute Gasteiger partial charge is 0.268 e. The molecule has 110 valence electrons. The van der Waals surface area contributed by atoms with E-state index in [1.807, 2.05) is 18.2 Å². The first-order valence-corrected chi connectivity index (χ1v) is 7.62. The Morgan fingerprint density at radius 3 is 2.76 bits per heavy atom. The minimum Gasteiger partial charge on any atom is -0.480 e. The molecule has 0 saturated heterocycles. The van der Waals surface area contributed by atoms with Crippen molar-refractivity contribution in [3.05, 3.63) is 41.5 Å². The van der Waals surface area contributed by atoms with Gasteiger partial charge in [-0.2, -0.15) is 4.98 Å². The molecule has 5 heteroatoms. The number of hydrogen-bond acceptors (Lipinski definition) is 5. The van der Waals surface area contributed by atoms with Gasteiger partial charge in [0.15, 0.2) is 11.9 Å². The third-order valence-electron chi connectivity index (χ3n) is 4.56. The molecule has 2 aliphatic rings. The zero-order valence-electron chi connectivity index (χ0n) is 11.9. The van der Waals surface area contributed by atoms with Crippen LogP contribution in [0.2, 0.25) is 0 Å². The molecule has 2 heterocycles. The predicted octanol–water partition coefficient (Wildman–Crippen LogP) is 2.86. The monoisotopic (exact) mass is 285 g/mol. The normalized spacial score (nSPS) is 23.6. The van der Waals surface area contributed by atoms with Gasteiger partial charge in [0.25, 0.3) is 5.89 Å². The Morgan fingerprint density at radius 2 is 1.95 bits per heavy atom. The molecular weight excluding hydrogens is 266 g/mol. The standard InChI is InChI=1S/C16H19N3O2/c17-16(8-4-1-5-9-16)15-18-14(21-19-15)13-10-11-6-2-3-7-12(11)20-13/h2-3,6-7,13H,1,4-5,8-10,17H2. The van der Waals surface area contributed by atoms with Crippen molar-refractivity contribution >= 4 is 0 Å². The SMILES string of the molecule is NC1(c2noc(C3Cc4ccccc4O3)n2)CCCCC1. The average molecular weight is 285 g/mol. The Balaban J connectivity index is 1.56. The van der Waals surface area contributed by atoms with Gasteiger partial charge >= 0.3 is 0 Å². The number of rotatable bonds is 2. The summed E-state index contributed by atoms with van der Waals surface area (Å²) in [6.45, 7) is 0. The largest absolute Gasteiger partial charge is 0.480 e. The van der Waals surface area contributed by atoms with E-state index in [-0.39, 0.29) is 6.10 Å². The maximum Gasteiger partial charge on any atom is 0.268 e. The van der Waals surface area contributed by atoms with Crippen molar-refractivity contribution in [1.82, 2.24) is 10.1 Å². The van der Waals surface area contributed by atoms with Gasteiger partial charge in [-0.05, 0) is 24.5 Å². The van der Waals surface area contributed by atoms with Crippen LogP contribution in [-0.2, 0) is 12.0 Å². The lowest BCUT2D eigenvalue weighted by Gasteiger charge is -2.29. The number of ether oxygens (including phenoxy) is 1. The molecular formula is C16H19N3O2. The van der Waals surface area contributed by atoms with Gasteiger partial charge in [-0.3, -0.25) is 0 Å². The zero-order chi connectivity index (χ0) is 14.3. The number of nitrogens with two attached hydrogens (primary N) is 1. The lowest BCUT2D eigenvalue weighted by atomic mass is 9.82. The predicted molar refractivity (Wildman–Crippen MR) is 76.8 cm³/mol. The molecule has 4 rings (SSSR count). The minimum atomic E-state index is -0.425. The Hall–Kier alpha value is -1.88. The van der Waals surface area contributed by atoms with E-state index >= 15 is 0 Å². The number of para-hydroxylation sites is 1. The molecule has 2 N–H and O–H groups in total. The molecule has 5 nitrogen and oxygen atoms in total. The zero-order valence-corrected chi connectivity index (χ0v) is 11.9. The van der Waals surface area contributed by atoms with Crippen molar-refractivity contribution in [3.63, 3.8) is 0 Å². The summed E-state index contributed by atoms with van der Waals surface area (Å²) in [6, 6.07) is 8.02.